The zero-order chi connectivity index (χ0) is 16.4. The van der Waals surface area contributed by atoms with Crippen LogP contribution in [0.5, 0.6) is 0 Å². The van der Waals surface area contributed by atoms with Crippen LogP contribution in [-0.2, 0) is 13.2 Å². The molecule has 1 fully saturated rings. The summed E-state index contributed by atoms with van der Waals surface area (Å²) >= 11 is 0. The van der Waals surface area contributed by atoms with Gasteiger partial charge in [-0.1, -0.05) is 67.1 Å². The van der Waals surface area contributed by atoms with E-state index in [9.17, 15) is 5.11 Å². The molecule has 2 aromatic carbocycles. The van der Waals surface area contributed by atoms with Gasteiger partial charge >= 0.3 is 0 Å². The normalized spacial score (nSPS) is 23.8. The molecule has 0 amide bonds. The number of hydrogen-bond donors (Lipinski definition) is 1. The van der Waals surface area contributed by atoms with E-state index in [1.807, 2.05) is 12.1 Å². The molecule has 4 rings (SSSR count). The van der Waals surface area contributed by atoms with Crippen molar-refractivity contribution in [3.63, 3.8) is 0 Å². The summed E-state index contributed by atoms with van der Waals surface area (Å²) in [6.45, 7) is 1.16. The third-order valence-electron chi connectivity index (χ3n) is 5.52. The molecule has 0 aromatic heterocycles. The van der Waals surface area contributed by atoms with Crippen LogP contribution in [0.25, 0.3) is 5.57 Å². The number of aliphatic hydroxyl groups is 1. The highest BCUT2D eigenvalue weighted by Crippen LogP contribution is 2.38. The Bertz CT molecular complexity index is 722. The molecule has 2 heterocycles. The van der Waals surface area contributed by atoms with E-state index < -0.39 is 0 Å². The van der Waals surface area contributed by atoms with Crippen molar-refractivity contribution in [1.82, 2.24) is 4.90 Å². The Morgan fingerprint density at radius 3 is 2.54 bits per heavy atom. The number of hydrogen-bond acceptors (Lipinski definition) is 2. The third kappa shape index (κ3) is 3.04. The topological polar surface area (TPSA) is 23.5 Å². The average Bonchev–Trinajstić information content (AvgIpc) is 2.62. The van der Waals surface area contributed by atoms with Crippen LogP contribution in [0.2, 0.25) is 0 Å². The van der Waals surface area contributed by atoms with Crippen LogP contribution in [0.4, 0.5) is 0 Å². The van der Waals surface area contributed by atoms with E-state index in [2.05, 4.69) is 53.4 Å². The predicted molar refractivity (Wildman–Crippen MR) is 98.4 cm³/mol. The van der Waals surface area contributed by atoms with Gasteiger partial charge in [0.15, 0.2) is 0 Å². The van der Waals surface area contributed by atoms with Gasteiger partial charge in [0, 0.05) is 18.6 Å². The molecule has 1 saturated heterocycles. The fraction of sp³-hybridized carbons (Fsp3) is 0.364. The van der Waals surface area contributed by atoms with Gasteiger partial charge in [-0.15, -0.1) is 0 Å². The average molecular weight is 319 g/mol. The number of nitrogens with zero attached hydrogens (tertiary/aromatic N) is 1. The fourth-order valence-corrected chi connectivity index (χ4v) is 4.33. The van der Waals surface area contributed by atoms with E-state index >= 15 is 0 Å². The van der Waals surface area contributed by atoms with E-state index in [0.717, 1.165) is 18.5 Å². The first-order valence-electron chi connectivity index (χ1n) is 9.04. The SMILES string of the molecule is OCc1ccccc1C1=CC2CCCC(C1)N2Cc1ccccc1. The Balaban J connectivity index is 1.62. The molecule has 2 aliphatic rings. The van der Waals surface area contributed by atoms with Gasteiger partial charge in [0.05, 0.1) is 6.61 Å². The van der Waals surface area contributed by atoms with Crippen molar-refractivity contribution in [2.45, 2.75) is 50.9 Å². The van der Waals surface area contributed by atoms with Crippen LogP contribution in [0.15, 0.2) is 60.7 Å². The lowest BCUT2D eigenvalue weighted by Crippen LogP contribution is -2.47. The maximum absolute atomic E-state index is 9.66. The van der Waals surface area contributed by atoms with E-state index in [0.29, 0.717) is 12.1 Å². The number of fused-ring (bicyclic) bond motifs is 2. The lowest BCUT2D eigenvalue weighted by atomic mass is 9.81. The van der Waals surface area contributed by atoms with Crippen molar-refractivity contribution < 1.29 is 5.11 Å². The van der Waals surface area contributed by atoms with Gasteiger partial charge in [-0.25, -0.2) is 0 Å². The molecule has 0 radical (unpaired) electrons. The summed E-state index contributed by atoms with van der Waals surface area (Å²) in [5, 5.41) is 9.66. The van der Waals surface area contributed by atoms with Gasteiger partial charge in [-0.3, -0.25) is 4.90 Å². The predicted octanol–water partition coefficient (Wildman–Crippen LogP) is 4.39. The first kappa shape index (κ1) is 15.6. The van der Waals surface area contributed by atoms with Crippen molar-refractivity contribution in [2.75, 3.05) is 0 Å². The second-order valence-electron chi connectivity index (χ2n) is 7.02. The number of benzene rings is 2. The van der Waals surface area contributed by atoms with Crippen LogP contribution >= 0.6 is 0 Å². The molecule has 2 aliphatic heterocycles. The minimum absolute atomic E-state index is 0.122. The van der Waals surface area contributed by atoms with Crippen molar-refractivity contribution in [3.05, 3.63) is 77.4 Å². The molecule has 2 aromatic rings. The number of piperidine rings is 1. The molecule has 124 valence electrons. The van der Waals surface area contributed by atoms with Crippen molar-refractivity contribution in [3.8, 4) is 0 Å². The molecule has 2 bridgehead atoms. The molecule has 0 saturated carbocycles. The van der Waals surface area contributed by atoms with E-state index in [1.165, 1.54) is 36.0 Å². The molecular weight excluding hydrogens is 294 g/mol. The Morgan fingerprint density at radius 1 is 0.958 bits per heavy atom. The summed E-state index contributed by atoms with van der Waals surface area (Å²) in [5.74, 6) is 0. The molecule has 1 N–H and O–H groups in total. The molecule has 2 nitrogen and oxygen atoms in total. The zero-order valence-electron chi connectivity index (χ0n) is 14.1. The number of rotatable bonds is 4. The summed E-state index contributed by atoms with van der Waals surface area (Å²) in [5.41, 5.74) is 5.13. The van der Waals surface area contributed by atoms with Crippen LogP contribution < -0.4 is 0 Å². The van der Waals surface area contributed by atoms with Crippen LogP contribution in [0, 0.1) is 0 Å². The maximum Gasteiger partial charge on any atom is 0.0687 e. The Morgan fingerprint density at radius 2 is 1.75 bits per heavy atom. The van der Waals surface area contributed by atoms with Gasteiger partial charge in [0.2, 0.25) is 0 Å². The highest BCUT2D eigenvalue weighted by atomic mass is 16.3. The third-order valence-corrected chi connectivity index (χ3v) is 5.52. The molecule has 2 unspecified atom stereocenters. The second-order valence-corrected chi connectivity index (χ2v) is 7.02. The Kier molecular flexibility index (Phi) is 4.50. The standard InChI is InChI=1S/C22H25NO/c24-16-18-9-4-5-12-22(18)19-13-20-10-6-11-21(14-19)23(20)15-17-7-2-1-3-8-17/h1-5,7-9,12-13,20-21,24H,6,10-11,14-16H2. The van der Waals surface area contributed by atoms with Crippen molar-refractivity contribution in [1.29, 1.82) is 0 Å². The molecule has 24 heavy (non-hydrogen) atoms. The second kappa shape index (κ2) is 6.92. The van der Waals surface area contributed by atoms with Crippen LogP contribution in [0.3, 0.4) is 0 Å². The molecule has 2 atom stereocenters. The maximum atomic E-state index is 9.66. The van der Waals surface area contributed by atoms with Crippen LogP contribution in [0.1, 0.15) is 42.4 Å². The highest BCUT2D eigenvalue weighted by molar-refractivity contribution is 5.70. The van der Waals surface area contributed by atoms with E-state index in [-0.39, 0.29) is 6.61 Å². The summed E-state index contributed by atoms with van der Waals surface area (Å²) < 4.78 is 0. The Hall–Kier alpha value is -1.90. The minimum atomic E-state index is 0.122. The summed E-state index contributed by atoms with van der Waals surface area (Å²) in [6, 6.07) is 20.3. The van der Waals surface area contributed by atoms with E-state index in [1.54, 1.807) is 0 Å². The smallest absolute Gasteiger partial charge is 0.0687 e. The van der Waals surface area contributed by atoms with Crippen LogP contribution in [-0.4, -0.2) is 22.1 Å². The van der Waals surface area contributed by atoms with E-state index in [4.69, 9.17) is 0 Å². The highest BCUT2D eigenvalue weighted by Gasteiger charge is 2.34. The quantitative estimate of drug-likeness (QED) is 0.903. The monoisotopic (exact) mass is 319 g/mol. The number of aliphatic hydroxyl groups excluding tert-OH is 1. The fourth-order valence-electron chi connectivity index (χ4n) is 4.33. The van der Waals surface area contributed by atoms with Crippen molar-refractivity contribution >= 4 is 5.57 Å². The minimum Gasteiger partial charge on any atom is -0.392 e. The Labute approximate surface area is 144 Å². The zero-order valence-corrected chi connectivity index (χ0v) is 14.1. The summed E-state index contributed by atoms with van der Waals surface area (Å²) in [4.78, 5) is 2.68. The van der Waals surface area contributed by atoms with Gasteiger partial charge in [-0.05, 0) is 41.5 Å². The van der Waals surface area contributed by atoms with Gasteiger partial charge in [0.25, 0.3) is 0 Å². The molecular formula is C22H25NO. The first-order chi connectivity index (χ1) is 11.8. The lowest BCUT2D eigenvalue weighted by Gasteiger charge is -2.45. The molecule has 2 heteroatoms. The first-order valence-corrected chi connectivity index (χ1v) is 9.04. The summed E-state index contributed by atoms with van der Waals surface area (Å²) in [6.07, 6.45) is 7.41. The van der Waals surface area contributed by atoms with Crippen molar-refractivity contribution in [2.24, 2.45) is 0 Å². The largest absolute Gasteiger partial charge is 0.392 e. The molecule has 0 aliphatic carbocycles. The molecule has 0 spiro atoms. The van der Waals surface area contributed by atoms with Gasteiger partial charge < -0.3 is 5.11 Å². The summed E-state index contributed by atoms with van der Waals surface area (Å²) in [7, 11) is 0. The van der Waals surface area contributed by atoms with Gasteiger partial charge in [0.1, 0.15) is 0 Å². The van der Waals surface area contributed by atoms with Gasteiger partial charge in [-0.2, -0.15) is 0 Å². The lowest BCUT2D eigenvalue weighted by molar-refractivity contribution is 0.0951.